The molecule has 0 aliphatic rings. The van der Waals surface area contributed by atoms with Gasteiger partial charge in [0.25, 0.3) is 0 Å². The summed E-state index contributed by atoms with van der Waals surface area (Å²) in [6.07, 6.45) is 0.828. The van der Waals surface area contributed by atoms with Crippen LogP contribution in [0.25, 0.3) is 0 Å². The molecular weight excluding hydrogens is 233 g/mol. The van der Waals surface area contributed by atoms with Gasteiger partial charge in [-0.25, -0.2) is 4.39 Å². The number of thiophene rings is 1. The van der Waals surface area contributed by atoms with Crippen molar-refractivity contribution in [3.05, 3.63) is 57.5 Å². The van der Waals surface area contributed by atoms with Gasteiger partial charge < -0.3 is 5.32 Å². The second-order valence-corrected chi connectivity index (χ2v) is 5.18. The maximum Gasteiger partial charge on any atom is 0.128 e. The van der Waals surface area contributed by atoms with Crippen LogP contribution in [0.1, 0.15) is 22.0 Å². The lowest BCUT2D eigenvalue weighted by atomic mass is 10.0. The van der Waals surface area contributed by atoms with Crippen molar-refractivity contribution in [1.29, 1.82) is 0 Å². The van der Waals surface area contributed by atoms with Gasteiger partial charge in [0.05, 0.1) is 0 Å². The van der Waals surface area contributed by atoms with Gasteiger partial charge in [0.15, 0.2) is 0 Å². The van der Waals surface area contributed by atoms with Crippen LogP contribution >= 0.6 is 11.3 Å². The summed E-state index contributed by atoms with van der Waals surface area (Å²) in [5, 5.41) is 5.23. The van der Waals surface area contributed by atoms with E-state index in [1.807, 2.05) is 37.6 Å². The number of halogens is 1. The van der Waals surface area contributed by atoms with Crippen molar-refractivity contribution >= 4 is 11.3 Å². The van der Waals surface area contributed by atoms with E-state index in [1.54, 1.807) is 17.4 Å². The molecule has 2 rings (SSSR count). The van der Waals surface area contributed by atoms with E-state index in [2.05, 4.69) is 11.4 Å². The second kappa shape index (κ2) is 5.43. The highest BCUT2D eigenvalue weighted by Gasteiger charge is 2.14. The van der Waals surface area contributed by atoms with Crippen molar-refractivity contribution in [1.82, 2.24) is 5.32 Å². The smallest absolute Gasteiger partial charge is 0.128 e. The molecule has 17 heavy (non-hydrogen) atoms. The zero-order valence-electron chi connectivity index (χ0n) is 10.0. The summed E-state index contributed by atoms with van der Waals surface area (Å²) >= 11 is 1.71. The fourth-order valence-corrected chi connectivity index (χ4v) is 2.66. The fourth-order valence-electron chi connectivity index (χ4n) is 1.91. The molecule has 2 aromatic rings. The lowest BCUT2D eigenvalue weighted by molar-refractivity contribution is 0.535. The van der Waals surface area contributed by atoms with E-state index in [0.29, 0.717) is 0 Å². The van der Waals surface area contributed by atoms with Crippen LogP contribution in [-0.2, 0) is 6.42 Å². The van der Waals surface area contributed by atoms with Crippen LogP contribution in [0.4, 0.5) is 4.39 Å². The molecule has 0 spiro atoms. The molecule has 0 bridgehead atoms. The predicted molar refractivity (Wildman–Crippen MR) is 71.0 cm³/mol. The Balaban J connectivity index is 2.23. The van der Waals surface area contributed by atoms with E-state index in [4.69, 9.17) is 0 Å². The molecule has 0 saturated heterocycles. The molecule has 1 unspecified atom stereocenters. The van der Waals surface area contributed by atoms with Crippen LogP contribution in [0, 0.1) is 12.7 Å². The minimum absolute atomic E-state index is 0.0363. The molecule has 1 nitrogen and oxygen atoms in total. The summed E-state index contributed by atoms with van der Waals surface area (Å²) in [7, 11) is 1.87. The van der Waals surface area contributed by atoms with Gasteiger partial charge in [0.1, 0.15) is 5.82 Å². The number of rotatable bonds is 4. The van der Waals surface area contributed by atoms with Crippen LogP contribution in [0.5, 0.6) is 0 Å². The van der Waals surface area contributed by atoms with Crippen molar-refractivity contribution in [3.63, 3.8) is 0 Å². The normalized spacial score (nSPS) is 12.6. The molecule has 90 valence electrons. The molecule has 0 saturated carbocycles. The molecule has 0 aliphatic heterocycles. The summed E-state index contributed by atoms with van der Waals surface area (Å²) in [5.41, 5.74) is 1.70. The molecule has 0 aliphatic carbocycles. The third-order valence-electron chi connectivity index (χ3n) is 2.87. The standard InChI is InChI=1S/C14H16FNS/c1-10-5-6-12(13(15)8-10)14(16-2)9-11-4-3-7-17-11/h3-8,14,16H,9H2,1-2H3. The van der Waals surface area contributed by atoms with E-state index >= 15 is 0 Å². The van der Waals surface area contributed by atoms with Gasteiger partial charge in [-0.15, -0.1) is 11.3 Å². The number of nitrogens with one attached hydrogen (secondary N) is 1. The molecule has 0 fully saturated rings. The molecule has 1 atom stereocenters. The third kappa shape index (κ3) is 2.93. The van der Waals surface area contributed by atoms with Crippen molar-refractivity contribution in [2.24, 2.45) is 0 Å². The van der Waals surface area contributed by atoms with E-state index in [0.717, 1.165) is 17.5 Å². The van der Waals surface area contributed by atoms with Gasteiger partial charge in [-0.2, -0.15) is 0 Å². The van der Waals surface area contributed by atoms with E-state index < -0.39 is 0 Å². The summed E-state index contributed by atoms with van der Waals surface area (Å²) in [6.45, 7) is 1.90. The first-order chi connectivity index (χ1) is 8.20. The maximum atomic E-state index is 13.9. The Morgan fingerprint density at radius 1 is 1.35 bits per heavy atom. The largest absolute Gasteiger partial charge is 0.313 e. The van der Waals surface area contributed by atoms with Crippen LogP contribution in [0.15, 0.2) is 35.7 Å². The SMILES string of the molecule is CNC(Cc1cccs1)c1ccc(C)cc1F. The topological polar surface area (TPSA) is 12.0 Å². The summed E-state index contributed by atoms with van der Waals surface area (Å²) in [4.78, 5) is 1.27. The van der Waals surface area contributed by atoms with Crippen LogP contribution in [0.2, 0.25) is 0 Å². The van der Waals surface area contributed by atoms with Gasteiger partial charge in [-0.3, -0.25) is 0 Å². The highest BCUT2D eigenvalue weighted by atomic mass is 32.1. The highest BCUT2D eigenvalue weighted by molar-refractivity contribution is 7.09. The van der Waals surface area contributed by atoms with Gasteiger partial charge in [-0.05, 0) is 37.0 Å². The minimum atomic E-state index is -0.124. The van der Waals surface area contributed by atoms with Crippen LogP contribution < -0.4 is 5.32 Å². The zero-order valence-corrected chi connectivity index (χ0v) is 10.9. The number of hydrogen-bond donors (Lipinski definition) is 1. The molecule has 0 radical (unpaired) electrons. The first kappa shape index (κ1) is 12.3. The molecule has 1 N–H and O–H groups in total. The van der Waals surface area contributed by atoms with Crippen molar-refractivity contribution < 1.29 is 4.39 Å². The quantitative estimate of drug-likeness (QED) is 0.871. The van der Waals surface area contributed by atoms with Crippen LogP contribution in [-0.4, -0.2) is 7.05 Å². The second-order valence-electron chi connectivity index (χ2n) is 4.15. The average molecular weight is 249 g/mol. The van der Waals surface area contributed by atoms with Crippen molar-refractivity contribution in [2.75, 3.05) is 7.05 Å². The number of likely N-dealkylation sites (N-methyl/N-ethyl adjacent to an activating group) is 1. The summed E-state index contributed by atoms with van der Waals surface area (Å²) in [6, 6.07) is 9.57. The Labute approximate surface area is 105 Å². The van der Waals surface area contributed by atoms with Crippen molar-refractivity contribution in [3.8, 4) is 0 Å². The Morgan fingerprint density at radius 3 is 2.76 bits per heavy atom. The monoisotopic (exact) mass is 249 g/mol. The Morgan fingerprint density at radius 2 is 2.18 bits per heavy atom. The van der Waals surface area contributed by atoms with Gasteiger partial charge in [0, 0.05) is 22.9 Å². The van der Waals surface area contributed by atoms with E-state index in [-0.39, 0.29) is 11.9 Å². The molecule has 1 aromatic heterocycles. The predicted octanol–water partition coefficient (Wildman–Crippen LogP) is 3.70. The van der Waals surface area contributed by atoms with E-state index in [9.17, 15) is 4.39 Å². The molecule has 1 heterocycles. The third-order valence-corrected chi connectivity index (χ3v) is 3.76. The van der Waals surface area contributed by atoms with Crippen molar-refractivity contribution in [2.45, 2.75) is 19.4 Å². The number of aryl methyl sites for hydroxylation is 1. The molecule has 3 heteroatoms. The van der Waals surface area contributed by atoms with E-state index in [1.165, 1.54) is 4.88 Å². The first-order valence-corrected chi connectivity index (χ1v) is 6.54. The minimum Gasteiger partial charge on any atom is -0.313 e. The van der Waals surface area contributed by atoms with Gasteiger partial charge in [0.2, 0.25) is 0 Å². The molecule has 0 amide bonds. The maximum absolute atomic E-state index is 13.9. The number of hydrogen-bond acceptors (Lipinski definition) is 2. The number of benzene rings is 1. The molecule has 1 aromatic carbocycles. The Bertz CT molecular complexity index is 479. The fraction of sp³-hybridized carbons (Fsp3) is 0.286. The zero-order chi connectivity index (χ0) is 12.3. The summed E-state index contributed by atoms with van der Waals surface area (Å²) in [5.74, 6) is -0.124. The van der Waals surface area contributed by atoms with Gasteiger partial charge >= 0.3 is 0 Å². The summed E-state index contributed by atoms with van der Waals surface area (Å²) < 4.78 is 13.9. The average Bonchev–Trinajstić information content (AvgIpc) is 2.79. The first-order valence-electron chi connectivity index (χ1n) is 5.66. The Hall–Kier alpha value is -1.19. The van der Waals surface area contributed by atoms with Gasteiger partial charge in [-0.1, -0.05) is 18.2 Å². The van der Waals surface area contributed by atoms with Crippen LogP contribution in [0.3, 0.4) is 0 Å². The lowest BCUT2D eigenvalue weighted by Crippen LogP contribution is -2.19. The highest BCUT2D eigenvalue weighted by Crippen LogP contribution is 2.23. The lowest BCUT2D eigenvalue weighted by Gasteiger charge is -2.17. The molecular formula is C14H16FNS. The Kier molecular flexibility index (Phi) is 3.92.